The average molecular weight is 327 g/mol. The van der Waals surface area contributed by atoms with Crippen LogP contribution in [0.4, 0.5) is 0 Å². The number of hydrogen-bond acceptors (Lipinski definition) is 2. The second kappa shape index (κ2) is 5.89. The van der Waals surface area contributed by atoms with Crippen molar-refractivity contribution in [3.05, 3.63) is 91.7 Å². The fraction of sp³-hybridized carbons (Fsp3) is 0.111. The van der Waals surface area contributed by atoms with E-state index < -0.39 is 11.2 Å². The quantitative estimate of drug-likeness (QED) is 0.678. The molecule has 0 amide bonds. The Hall–Kier alpha value is -2.59. The first-order chi connectivity index (χ1) is 11.0. The third kappa shape index (κ3) is 2.62. The first-order valence-corrected chi connectivity index (χ1v) is 7.55. The molecule has 3 rings (SSSR count). The van der Waals surface area contributed by atoms with Crippen LogP contribution < -0.4 is 11.2 Å². The second-order valence-corrected chi connectivity index (χ2v) is 5.72. The van der Waals surface area contributed by atoms with Crippen LogP contribution in [-0.2, 0) is 0 Å². The standard InChI is InChI=1S/C18H15ClN2O2/c1-12-7-3-5-9-14(12)20-16(19)11-17(22)21(18(20)23)15-10-6-4-8-13(15)2/h3-11H,1-2H3. The molecule has 0 saturated carbocycles. The minimum Gasteiger partial charge on any atom is -0.269 e. The summed E-state index contributed by atoms with van der Waals surface area (Å²) in [5.41, 5.74) is 2.02. The molecule has 0 bridgehead atoms. The number of halogens is 1. The van der Waals surface area contributed by atoms with E-state index in [1.807, 2.05) is 44.2 Å². The number of hydrogen-bond donors (Lipinski definition) is 0. The van der Waals surface area contributed by atoms with E-state index in [2.05, 4.69) is 0 Å². The van der Waals surface area contributed by atoms with Crippen LogP contribution in [0.15, 0.2) is 64.2 Å². The molecule has 0 fully saturated rings. The Morgan fingerprint density at radius 3 is 1.78 bits per heavy atom. The van der Waals surface area contributed by atoms with E-state index in [-0.39, 0.29) is 5.15 Å². The summed E-state index contributed by atoms with van der Waals surface area (Å²) in [6.07, 6.45) is 0. The molecule has 2 aromatic carbocycles. The minimum absolute atomic E-state index is 0.0964. The Morgan fingerprint density at radius 2 is 1.26 bits per heavy atom. The van der Waals surface area contributed by atoms with Crippen LogP contribution in [0.2, 0.25) is 5.15 Å². The molecule has 0 N–H and O–H groups in total. The number of rotatable bonds is 2. The van der Waals surface area contributed by atoms with Gasteiger partial charge in [-0.25, -0.2) is 9.36 Å². The van der Waals surface area contributed by atoms with Gasteiger partial charge in [0.2, 0.25) is 0 Å². The molecule has 0 atom stereocenters. The lowest BCUT2D eigenvalue weighted by molar-refractivity contribution is 0.796. The van der Waals surface area contributed by atoms with Gasteiger partial charge in [-0.1, -0.05) is 48.0 Å². The van der Waals surface area contributed by atoms with Gasteiger partial charge < -0.3 is 0 Å². The molecule has 23 heavy (non-hydrogen) atoms. The van der Waals surface area contributed by atoms with Gasteiger partial charge in [-0.15, -0.1) is 0 Å². The summed E-state index contributed by atoms with van der Waals surface area (Å²) in [7, 11) is 0. The van der Waals surface area contributed by atoms with Gasteiger partial charge in [-0.3, -0.25) is 9.36 Å². The van der Waals surface area contributed by atoms with Crippen LogP contribution in [0.25, 0.3) is 11.4 Å². The molecule has 0 radical (unpaired) electrons. The number of aromatic nitrogens is 2. The van der Waals surface area contributed by atoms with Crippen LogP contribution >= 0.6 is 11.6 Å². The number of aryl methyl sites for hydroxylation is 2. The van der Waals surface area contributed by atoms with E-state index in [1.54, 1.807) is 18.2 Å². The first-order valence-electron chi connectivity index (χ1n) is 7.17. The highest BCUT2D eigenvalue weighted by atomic mass is 35.5. The molecule has 5 heteroatoms. The van der Waals surface area contributed by atoms with Crippen molar-refractivity contribution in [2.45, 2.75) is 13.8 Å². The minimum atomic E-state index is -0.480. The number of nitrogens with zero attached hydrogens (tertiary/aromatic N) is 2. The van der Waals surface area contributed by atoms with E-state index in [0.29, 0.717) is 11.4 Å². The highest BCUT2D eigenvalue weighted by molar-refractivity contribution is 6.29. The average Bonchev–Trinajstić information content (AvgIpc) is 2.50. The number of benzene rings is 2. The van der Waals surface area contributed by atoms with E-state index in [9.17, 15) is 9.59 Å². The summed E-state index contributed by atoms with van der Waals surface area (Å²) in [4.78, 5) is 25.3. The maximum atomic E-state index is 13.0. The fourth-order valence-electron chi connectivity index (χ4n) is 2.59. The van der Waals surface area contributed by atoms with Crippen LogP contribution in [0.5, 0.6) is 0 Å². The summed E-state index contributed by atoms with van der Waals surface area (Å²) < 4.78 is 2.50. The molecule has 116 valence electrons. The van der Waals surface area contributed by atoms with Crippen LogP contribution in [0.1, 0.15) is 11.1 Å². The molecule has 1 heterocycles. The monoisotopic (exact) mass is 326 g/mol. The Labute approximate surface area is 138 Å². The third-order valence-corrected chi connectivity index (χ3v) is 4.05. The largest absolute Gasteiger partial charge is 0.341 e. The summed E-state index contributed by atoms with van der Waals surface area (Å²) in [5, 5.41) is 0.0964. The van der Waals surface area contributed by atoms with Gasteiger partial charge in [0.1, 0.15) is 5.15 Å². The van der Waals surface area contributed by atoms with Gasteiger partial charge in [0.25, 0.3) is 5.56 Å². The van der Waals surface area contributed by atoms with Crippen molar-refractivity contribution in [2.24, 2.45) is 0 Å². The van der Waals surface area contributed by atoms with Crippen molar-refractivity contribution in [3.8, 4) is 11.4 Å². The lowest BCUT2D eigenvalue weighted by Gasteiger charge is -2.15. The van der Waals surface area contributed by atoms with Crippen LogP contribution in [0, 0.1) is 13.8 Å². The van der Waals surface area contributed by atoms with Gasteiger partial charge in [-0.05, 0) is 37.1 Å². The molecule has 0 aliphatic carbocycles. The normalized spacial score (nSPS) is 10.7. The van der Waals surface area contributed by atoms with Crippen LogP contribution in [-0.4, -0.2) is 9.13 Å². The molecular formula is C18H15ClN2O2. The van der Waals surface area contributed by atoms with Crippen molar-refractivity contribution in [1.82, 2.24) is 9.13 Å². The Bertz CT molecular complexity index is 1000. The molecule has 0 unspecified atom stereocenters. The zero-order valence-corrected chi connectivity index (χ0v) is 13.5. The predicted molar refractivity (Wildman–Crippen MR) is 92.1 cm³/mol. The number of para-hydroxylation sites is 2. The Kier molecular flexibility index (Phi) is 3.92. The van der Waals surface area contributed by atoms with Crippen molar-refractivity contribution in [1.29, 1.82) is 0 Å². The SMILES string of the molecule is Cc1ccccc1-n1c(Cl)cc(=O)n(-c2ccccc2C)c1=O. The third-order valence-electron chi connectivity index (χ3n) is 3.77. The fourth-order valence-corrected chi connectivity index (χ4v) is 2.84. The molecule has 1 aromatic heterocycles. The van der Waals surface area contributed by atoms with Crippen molar-refractivity contribution in [3.63, 3.8) is 0 Å². The van der Waals surface area contributed by atoms with E-state index in [0.717, 1.165) is 15.7 Å². The summed E-state index contributed by atoms with van der Waals surface area (Å²) >= 11 is 6.19. The highest BCUT2D eigenvalue weighted by Gasteiger charge is 2.15. The first kappa shape index (κ1) is 15.3. The van der Waals surface area contributed by atoms with Gasteiger partial charge in [-0.2, -0.15) is 0 Å². The molecule has 0 aliphatic heterocycles. The lowest BCUT2D eigenvalue weighted by Crippen LogP contribution is -2.38. The topological polar surface area (TPSA) is 44.0 Å². The van der Waals surface area contributed by atoms with E-state index >= 15 is 0 Å². The molecule has 0 aliphatic rings. The highest BCUT2D eigenvalue weighted by Crippen LogP contribution is 2.17. The smallest absolute Gasteiger partial charge is 0.269 e. The maximum Gasteiger partial charge on any atom is 0.341 e. The maximum absolute atomic E-state index is 13.0. The molecule has 4 nitrogen and oxygen atoms in total. The van der Waals surface area contributed by atoms with Gasteiger partial charge in [0.15, 0.2) is 0 Å². The molecule has 0 spiro atoms. The zero-order valence-electron chi connectivity index (χ0n) is 12.8. The molecule has 3 aromatic rings. The Balaban J connectivity index is 2.40. The molecular weight excluding hydrogens is 312 g/mol. The molecule has 0 saturated heterocycles. The zero-order chi connectivity index (χ0) is 16.6. The van der Waals surface area contributed by atoms with Crippen molar-refractivity contribution >= 4 is 11.6 Å². The van der Waals surface area contributed by atoms with E-state index in [4.69, 9.17) is 11.6 Å². The van der Waals surface area contributed by atoms with Crippen molar-refractivity contribution < 1.29 is 0 Å². The van der Waals surface area contributed by atoms with Gasteiger partial charge >= 0.3 is 5.69 Å². The van der Waals surface area contributed by atoms with E-state index in [1.165, 1.54) is 10.6 Å². The predicted octanol–water partition coefficient (Wildman–Crippen LogP) is 3.26. The Morgan fingerprint density at radius 1 is 0.783 bits per heavy atom. The van der Waals surface area contributed by atoms with Gasteiger partial charge in [0, 0.05) is 6.07 Å². The lowest BCUT2D eigenvalue weighted by atomic mass is 10.2. The van der Waals surface area contributed by atoms with Crippen LogP contribution in [0.3, 0.4) is 0 Å². The summed E-state index contributed by atoms with van der Waals surface area (Å²) in [6, 6.07) is 15.9. The van der Waals surface area contributed by atoms with Gasteiger partial charge in [0.05, 0.1) is 11.4 Å². The summed E-state index contributed by atoms with van der Waals surface area (Å²) in [6.45, 7) is 3.75. The summed E-state index contributed by atoms with van der Waals surface area (Å²) in [5.74, 6) is 0. The second-order valence-electron chi connectivity index (χ2n) is 5.33. The van der Waals surface area contributed by atoms with Crippen molar-refractivity contribution in [2.75, 3.05) is 0 Å².